The fourth-order valence-electron chi connectivity index (χ4n) is 3.20. The van der Waals surface area contributed by atoms with E-state index in [2.05, 4.69) is 31.1 Å². The maximum absolute atomic E-state index is 12.4. The van der Waals surface area contributed by atoms with Gasteiger partial charge in [0.1, 0.15) is 5.82 Å². The van der Waals surface area contributed by atoms with Gasteiger partial charge in [-0.25, -0.2) is 4.98 Å². The fourth-order valence-corrected chi connectivity index (χ4v) is 3.44. The summed E-state index contributed by atoms with van der Waals surface area (Å²) in [6.07, 6.45) is 4.81. The minimum atomic E-state index is 0. The van der Waals surface area contributed by atoms with Crippen molar-refractivity contribution in [1.82, 2.24) is 15.2 Å². The molecule has 8 heteroatoms. The average molecular weight is 440 g/mol. The quantitative estimate of drug-likeness (QED) is 0.786. The Kier molecular flexibility index (Phi) is 9.34. The van der Waals surface area contributed by atoms with Crippen molar-refractivity contribution in [3.8, 4) is 0 Å². The van der Waals surface area contributed by atoms with Crippen LogP contribution in [0.4, 0.5) is 5.82 Å². The summed E-state index contributed by atoms with van der Waals surface area (Å²) >= 11 is 3.41. The van der Waals surface area contributed by atoms with Crippen LogP contribution in [0, 0.1) is 5.92 Å². The second-order valence-corrected chi connectivity index (χ2v) is 7.02. The molecule has 2 saturated heterocycles. The first-order valence-electron chi connectivity index (χ1n) is 8.07. The molecule has 2 aliphatic heterocycles. The molecule has 136 valence electrons. The van der Waals surface area contributed by atoms with Crippen molar-refractivity contribution >= 4 is 52.5 Å². The molecule has 0 bridgehead atoms. The lowest BCUT2D eigenvalue weighted by Gasteiger charge is -2.36. The third kappa shape index (κ3) is 5.76. The molecular weight excluding hydrogens is 415 g/mol. The zero-order chi connectivity index (χ0) is 15.4. The summed E-state index contributed by atoms with van der Waals surface area (Å²) in [7, 11) is 0. The highest BCUT2D eigenvalue weighted by Gasteiger charge is 2.24. The molecule has 2 fully saturated rings. The van der Waals surface area contributed by atoms with Crippen LogP contribution in [0.25, 0.3) is 0 Å². The number of piperidine rings is 1. The van der Waals surface area contributed by atoms with Gasteiger partial charge in [0.2, 0.25) is 5.91 Å². The Bertz CT molecular complexity index is 503. The molecule has 5 nitrogen and oxygen atoms in total. The number of nitrogens with one attached hydrogen (secondary N) is 1. The van der Waals surface area contributed by atoms with Gasteiger partial charge in [-0.2, -0.15) is 0 Å². The lowest BCUT2D eigenvalue weighted by atomic mass is 9.94. The van der Waals surface area contributed by atoms with E-state index >= 15 is 0 Å². The van der Waals surface area contributed by atoms with E-state index in [1.165, 1.54) is 0 Å². The third-order valence-corrected chi connectivity index (χ3v) is 5.06. The number of piperazine rings is 1. The maximum atomic E-state index is 12.4. The van der Waals surface area contributed by atoms with E-state index in [1.807, 2.05) is 23.2 Å². The summed E-state index contributed by atoms with van der Waals surface area (Å²) in [6.45, 7) is 5.46. The number of amides is 1. The van der Waals surface area contributed by atoms with Gasteiger partial charge in [0.25, 0.3) is 0 Å². The van der Waals surface area contributed by atoms with Crippen LogP contribution < -0.4 is 10.2 Å². The zero-order valence-corrected chi connectivity index (χ0v) is 16.8. The third-order valence-electron chi connectivity index (χ3n) is 4.59. The van der Waals surface area contributed by atoms with Crippen molar-refractivity contribution in [3.63, 3.8) is 0 Å². The summed E-state index contributed by atoms with van der Waals surface area (Å²) in [4.78, 5) is 21.1. The highest BCUT2D eigenvalue weighted by Crippen LogP contribution is 2.20. The van der Waals surface area contributed by atoms with Crippen LogP contribution >= 0.6 is 40.7 Å². The molecule has 0 spiro atoms. The van der Waals surface area contributed by atoms with Crippen LogP contribution in [0.2, 0.25) is 0 Å². The number of carbonyl (C=O) groups is 1. The van der Waals surface area contributed by atoms with Crippen molar-refractivity contribution < 1.29 is 4.79 Å². The topological polar surface area (TPSA) is 48.5 Å². The van der Waals surface area contributed by atoms with E-state index in [0.29, 0.717) is 11.8 Å². The fraction of sp³-hybridized carbons (Fsp3) is 0.625. The van der Waals surface area contributed by atoms with Crippen LogP contribution in [0.5, 0.6) is 0 Å². The van der Waals surface area contributed by atoms with Crippen LogP contribution in [0.1, 0.15) is 19.3 Å². The average Bonchev–Trinajstić information content (AvgIpc) is 2.57. The van der Waals surface area contributed by atoms with E-state index in [0.717, 1.165) is 68.8 Å². The maximum Gasteiger partial charge on any atom is 0.222 e. The van der Waals surface area contributed by atoms with Gasteiger partial charge < -0.3 is 15.1 Å². The summed E-state index contributed by atoms with van der Waals surface area (Å²) in [5.41, 5.74) is 0. The van der Waals surface area contributed by atoms with E-state index in [1.54, 1.807) is 0 Å². The molecule has 0 unspecified atom stereocenters. The first-order valence-corrected chi connectivity index (χ1v) is 8.86. The Hall–Kier alpha value is -0.560. The molecule has 1 aromatic heterocycles. The largest absolute Gasteiger partial charge is 0.353 e. The predicted octanol–water partition coefficient (Wildman–Crippen LogP) is 2.73. The van der Waals surface area contributed by atoms with E-state index < -0.39 is 0 Å². The van der Waals surface area contributed by atoms with Gasteiger partial charge in [-0.15, -0.1) is 24.8 Å². The number of hydrogen-bond acceptors (Lipinski definition) is 4. The number of anilines is 1. The highest BCUT2D eigenvalue weighted by atomic mass is 79.9. The SMILES string of the molecule is Cl.Cl.O=C(CC1CCNCC1)N1CCN(c2ccc(Br)cn2)CC1. The number of aromatic nitrogens is 1. The molecule has 0 saturated carbocycles. The smallest absolute Gasteiger partial charge is 0.222 e. The molecule has 0 atom stereocenters. The molecule has 1 aromatic rings. The van der Waals surface area contributed by atoms with Crippen LogP contribution in [0.3, 0.4) is 0 Å². The van der Waals surface area contributed by atoms with Crippen molar-refractivity contribution in [2.45, 2.75) is 19.3 Å². The Morgan fingerprint density at radius 2 is 1.83 bits per heavy atom. The van der Waals surface area contributed by atoms with E-state index in [9.17, 15) is 4.79 Å². The summed E-state index contributed by atoms with van der Waals surface area (Å²) < 4.78 is 0.993. The van der Waals surface area contributed by atoms with Crippen LogP contribution in [0.15, 0.2) is 22.8 Å². The van der Waals surface area contributed by atoms with Gasteiger partial charge in [-0.05, 0) is 59.9 Å². The lowest BCUT2D eigenvalue weighted by molar-refractivity contribution is -0.132. The molecule has 0 aromatic carbocycles. The Morgan fingerprint density at radius 1 is 1.17 bits per heavy atom. The molecule has 2 aliphatic rings. The first-order chi connectivity index (χ1) is 10.7. The van der Waals surface area contributed by atoms with Gasteiger partial charge in [0.05, 0.1) is 0 Å². The second kappa shape index (κ2) is 10.4. The van der Waals surface area contributed by atoms with Gasteiger partial charge in [0.15, 0.2) is 0 Å². The van der Waals surface area contributed by atoms with Gasteiger partial charge in [-0.3, -0.25) is 4.79 Å². The monoisotopic (exact) mass is 438 g/mol. The summed E-state index contributed by atoms with van der Waals surface area (Å²) in [6, 6.07) is 4.04. The standard InChI is InChI=1S/C16H23BrN4O.2ClH/c17-14-1-2-15(19-12-14)20-7-9-21(10-8-20)16(22)11-13-3-5-18-6-4-13;;/h1-2,12-13,18H,3-11H2;2*1H. The Labute approximate surface area is 164 Å². The minimum Gasteiger partial charge on any atom is -0.353 e. The first kappa shape index (κ1) is 21.5. The van der Waals surface area contributed by atoms with Gasteiger partial charge >= 0.3 is 0 Å². The van der Waals surface area contributed by atoms with Crippen molar-refractivity contribution in [3.05, 3.63) is 22.8 Å². The number of rotatable bonds is 3. The number of carbonyl (C=O) groups excluding carboxylic acids is 1. The van der Waals surface area contributed by atoms with E-state index in [4.69, 9.17) is 0 Å². The Morgan fingerprint density at radius 3 is 2.42 bits per heavy atom. The van der Waals surface area contributed by atoms with Gasteiger partial charge in [0, 0.05) is 43.3 Å². The van der Waals surface area contributed by atoms with Crippen molar-refractivity contribution in [2.75, 3.05) is 44.2 Å². The second-order valence-electron chi connectivity index (χ2n) is 6.10. The molecule has 24 heavy (non-hydrogen) atoms. The summed E-state index contributed by atoms with van der Waals surface area (Å²) in [5.74, 6) is 1.89. The van der Waals surface area contributed by atoms with Crippen molar-refractivity contribution in [2.24, 2.45) is 5.92 Å². The number of pyridine rings is 1. The minimum absolute atomic E-state index is 0. The zero-order valence-electron chi connectivity index (χ0n) is 13.6. The number of hydrogen-bond donors (Lipinski definition) is 1. The van der Waals surface area contributed by atoms with Crippen LogP contribution in [-0.2, 0) is 4.79 Å². The normalized spacial score (nSPS) is 18.5. The van der Waals surface area contributed by atoms with Crippen molar-refractivity contribution in [1.29, 1.82) is 0 Å². The molecule has 1 amide bonds. The molecule has 0 radical (unpaired) electrons. The highest BCUT2D eigenvalue weighted by molar-refractivity contribution is 9.10. The summed E-state index contributed by atoms with van der Waals surface area (Å²) in [5, 5.41) is 3.35. The molecule has 3 rings (SSSR count). The molecule has 0 aliphatic carbocycles. The van der Waals surface area contributed by atoms with E-state index in [-0.39, 0.29) is 24.8 Å². The number of halogens is 3. The predicted molar refractivity (Wildman–Crippen MR) is 105 cm³/mol. The molecular formula is C16H25BrCl2N4O. The number of nitrogens with zero attached hydrogens (tertiary/aromatic N) is 3. The van der Waals surface area contributed by atoms with Gasteiger partial charge in [-0.1, -0.05) is 0 Å². The Balaban J connectivity index is 0.00000144. The van der Waals surface area contributed by atoms with Crippen LogP contribution in [-0.4, -0.2) is 55.1 Å². The lowest BCUT2D eigenvalue weighted by Crippen LogP contribution is -2.49. The molecule has 1 N–H and O–H groups in total. The molecule has 3 heterocycles.